The first-order chi connectivity index (χ1) is 8.54. The van der Waals surface area contributed by atoms with E-state index in [4.69, 9.17) is 8.85 Å². The molecule has 0 amide bonds. The van der Waals surface area contributed by atoms with Crippen LogP contribution in [0.25, 0.3) is 0 Å². The third-order valence-corrected chi connectivity index (χ3v) is 13.4. The lowest BCUT2D eigenvalue weighted by atomic mass is 10.2. The van der Waals surface area contributed by atoms with Crippen molar-refractivity contribution in [1.29, 1.82) is 0 Å². The number of nitrogens with zero attached hydrogens (tertiary/aromatic N) is 1. The number of hydrogen-bond donors (Lipinski definition) is 0. The minimum Gasteiger partial charge on any atom is -0.397 e. The van der Waals surface area contributed by atoms with Crippen LogP contribution in [0.1, 0.15) is 40.5 Å². The quantitative estimate of drug-likeness (QED) is 0.633. The lowest BCUT2D eigenvalue weighted by Gasteiger charge is -2.48. The molecule has 0 spiro atoms. The van der Waals surface area contributed by atoms with Crippen LogP contribution in [0, 0.1) is 0 Å². The zero-order valence-corrected chi connectivity index (χ0v) is 16.6. The van der Waals surface area contributed by atoms with Gasteiger partial charge >= 0.3 is 8.56 Å². The van der Waals surface area contributed by atoms with E-state index in [1.54, 1.807) is 14.2 Å². The molecule has 0 unspecified atom stereocenters. The van der Waals surface area contributed by atoms with Gasteiger partial charge in [-0.25, -0.2) is 0 Å². The van der Waals surface area contributed by atoms with E-state index in [0.717, 1.165) is 6.17 Å². The third-order valence-electron chi connectivity index (χ3n) is 4.75. The molecule has 0 saturated heterocycles. The molecule has 0 saturated carbocycles. The van der Waals surface area contributed by atoms with E-state index in [1.807, 2.05) is 0 Å². The molecule has 0 aliphatic heterocycles. The molecule has 0 rings (SSSR count). The highest BCUT2D eigenvalue weighted by Gasteiger charge is 2.44. The van der Waals surface area contributed by atoms with Gasteiger partial charge in [0.1, 0.15) is 8.24 Å². The molecule has 0 radical (unpaired) electrons. The monoisotopic (exact) mass is 305 g/mol. The van der Waals surface area contributed by atoms with Gasteiger partial charge in [-0.1, -0.05) is 47.2 Å². The Hall–Kier alpha value is 0.314. The van der Waals surface area contributed by atoms with Crippen molar-refractivity contribution < 1.29 is 8.85 Å². The van der Waals surface area contributed by atoms with Crippen LogP contribution in [0.2, 0.25) is 24.7 Å². The van der Waals surface area contributed by atoms with Crippen molar-refractivity contribution >= 4 is 16.8 Å². The van der Waals surface area contributed by atoms with Crippen molar-refractivity contribution in [2.45, 2.75) is 65.2 Å². The van der Waals surface area contributed by atoms with Crippen LogP contribution in [-0.2, 0) is 8.85 Å². The Balaban J connectivity index is 5.11. The van der Waals surface area contributed by atoms with Gasteiger partial charge in [0.15, 0.2) is 0 Å². The Morgan fingerprint density at radius 2 is 1.47 bits per heavy atom. The topological polar surface area (TPSA) is 21.7 Å². The first-order valence-corrected chi connectivity index (χ1v) is 12.9. The fourth-order valence-electron chi connectivity index (χ4n) is 1.94. The maximum Gasteiger partial charge on any atom is 0.348 e. The van der Waals surface area contributed by atoms with Gasteiger partial charge in [-0.15, -0.1) is 0 Å². The molecule has 0 atom stereocenters. The second-order valence-corrected chi connectivity index (χ2v) is 15.8. The average Bonchev–Trinajstić information content (AvgIpc) is 2.32. The summed E-state index contributed by atoms with van der Waals surface area (Å²) in [6.45, 7) is 17.7. The van der Waals surface area contributed by atoms with Crippen molar-refractivity contribution in [3.8, 4) is 0 Å². The third kappa shape index (κ3) is 5.30. The first-order valence-electron chi connectivity index (χ1n) is 7.39. The molecule has 19 heavy (non-hydrogen) atoms. The van der Waals surface area contributed by atoms with Crippen LogP contribution in [0.3, 0.4) is 0 Å². The predicted octanol–water partition coefficient (Wildman–Crippen LogP) is 4.00. The molecular weight excluding hydrogens is 270 g/mol. The fraction of sp³-hybridized carbons (Fsp3) is 1.00. The summed E-state index contributed by atoms with van der Waals surface area (Å²) < 4.78 is 14.1. The number of hydrogen-bond acceptors (Lipinski definition) is 3. The van der Waals surface area contributed by atoms with Crippen molar-refractivity contribution in [3.05, 3.63) is 0 Å². The molecular formula is C14H35NO2Si2. The summed E-state index contributed by atoms with van der Waals surface area (Å²) in [5, 5.41) is 0.359. The summed E-state index contributed by atoms with van der Waals surface area (Å²) in [5.74, 6) is 0. The molecule has 5 heteroatoms. The average molecular weight is 306 g/mol. The van der Waals surface area contributed by atoms with Crippen LogP contribution in [0.15, 0.2) is 0 Å². The van der Waals surface area contributed by atoms with E-state index in [-0.39, 0.29) is 0 Å². The lowest BCUT2D eigenvalue weighted by molar-refractivity contribution is 0.231. The van der Waals surface area contributed by atoms with Crippen molar-refractivity contribution in [1.82, 2.24) is 4.57 Å². The van der Waals surface area contributed by atoms with Gasteiger partial charge in [-0.3, -0.25) is 0 Å². The Morgan fingerprint density at radius 3 is 1.79 bits per heavy atom. The van der Waals surface area contributed by atoms with Gasteiger partial charge in [0.05, 0.1) is 0 Å². The highest BCUT2D eigenvalue weighted by atomic mass is 28.4. The van der Waals surface area contributed by atoms with Crippen molar-refractivity contribution in [3.63, 3.8) is 0 Å². The smallest absolute Gasteiger partial charge is 0.348 e. The van der Waals surface area contributed by atoms with E-state index in [1.165, 1.54) is 19.4 Å². The van der Waals surface area contributed by atoms with Gasteiger partial charge in [0, 0.05) is 20.4 Å². The SMILES string of the molecule is CCCCN(C[Si](C)(OC)OC)[Si](C)(C)C(C)(C)C. The summed E-state index contributed by atoms with van der Waals surface area (Å²) in [7, 11) is 0.0379. The van der Waals surface area contributed by atoms with Crippen LogP contribution in [-0.4, -0.2) is 48.3 Å². The molecule has 0 aromatic rings. The fourth-order valence-corrected chi connectivity index (χ4v) is 7.32. The van der Waals surface area contributed by atoms with E-state index in [2.05, 4.69) is 51.9 Å². The van der Waals surface area contributed by atoms with Crippen molar-refractivity contribution in [2.24, 2.45) is 0 Å². The predicted molar refractivity (Wildman–Crippen MR) is 89.3 cm³/mol. The summed E-state index contributed by atoms with van der Waals surface area (Å²) in [6.07, 6.45) is 3.48. The molecule has 0 fully saturated rings. The Kier molecular flexibility index (Phi) is 7.48. The molecule has 0 aromatic carbocycles. The number of rotatable bonds is 8. The molecule has 0 bridgehead atoms. The van der Waals surface area contributed by atoms with E-state index >= 15 is 0 Å². The highest BCUT2D eigenvalue weighted by molar-refractivity contribution is 6.79. The zero-order chi connectivity index (χ0) is 15.3. The van der Waals surface area contributed by atoms with Gasteiger partial charge in [-0.05, 0) is 24.6 Å². The van der Waals surface area contributed by atoms with Gasteiger partial charge < -0.3 is 13.4 Å². The normalized spacial score (nSPS) is 14.2. The highest BCUT2D eigenvalue weighted by Crippen LogP contribution is 2.38. The molecule has 0 heterocycles. The lowest BCUT2D eigenvalue weighted by Crippen LogP contribution is -2.61. The van der Waals surface area contributed by atoms with E-state index < -0.39 is 16.8 Å². The van der Waals surface area contributed by atoms with Crippen LogP contribution in [0.4, 0.5) is 0 Å². The largest absolute Gasteiger partial charge is 0.397 e. The van der Waals surface area contributed by atoms with Gasteiger partial charge in [-0.2, -0.15) is 0 Å². The molecule has 0 N–H and O–H groups in total. The second-order valence-electron chi connectivity index (χ2n) is 7.13. The molecule has 0 aliphatic carbocycles. The van der Waals surface area contributed by atoms with E-state index in [9.17, 15) is 0 Å². The van der Waals surface area contributed by atoms with Gasteiger partial charge in [0.2, 0.25) is 0 Å². The standard InChI is InChI=1S/C14H35NO2Si2/c1-10-11-12-15(13-19(9,16-5)17-6)18(7,8)14(2,3)4/h10-13H2,1-9H3. The minimum absolute atomic E-state index is 0.359. The number of unbranched alkanes of at least 4 members (excludes halogenated alkanes) is 1. The summed E-state index contributed by atoms with van der Waals surface area (Å²) in [4.78, 5) is 0. The van der Waals surface area contributed by atoms with Crippen LogP contribution >= 0.6 is 0 Å². The van der Waals surface area contributed by atoms with Gasteiger partial charge in [0.25, 0.3) is 0 Å². The maximum absolute atomic E-state index is 5.70. The summed E-state index contributed by atoms with van der Waals surface area (Å²) in [5.41, 5.74) is 0. The zero-order valence-electron chi connectivity index (χ0n) is 14.6. The Labute approximate surface area is 123 Å². The van der Waals surface area contributed by atoms with E-state index in [0.29, 0.717) is 5.04 Å². The molecule has 0 aromatic heterocycles. The molecule has 116 valence electrons. The summed E-state index contributed by atoms with van der Waals surface area (Å²) >= 11 is 0. The Bertz CT molecular complexity index is 261. The van der Waals surface area contributed by atoms with Crippen LogP contribution in [0.5, 0.6) is 0 Å². The Morgan fingerprint density at radius 1 is 1.00 bits per heavy atom. The summed E-state index contributed by atoms with van der Waals surface area (Å²) in [6, 6.07) is 0. The second kappa shape index (κ2) is 7.36. The first kappa shape index (κ1) is 19.3. The maximum atomic E-state index is 5.70. The minimum atomic E-state index is -2.04. The van der Waals surface area contributed by atoms with Crippen LogP contribution < -0.4 is 0 Å². The van der Waals surface area contributed by atoms with Crippen molar-refractivity contribution in [2.75, 3.05) is 26.9 Å². The molecule has 3 nitrogen and oxygen atoms in total. The molecule has 0 aliphatic rings.